The largest absolute Gasteiger partial charge is 0.465 e. The summed E-state index contributed by atoms with van der Waals surface area (Å²) in [6.07, 6.45) is -5.77. The molecular formula is C26H24F3N3O5S. The van der Waals surface area contributed by atoms with Gasteiger partial charge < -0.3 is 10.0 Å². The zero-order valence-corrected chi connectivity index (χ0v) is 20.7. The highest BCUT2D eigenvalue weighted by molar-refractivity contribution is 7.89. The molecule has 200 valence electrons. The van der Waals surface area contributed by atoms with E-state index in [0.717, 1.165) is 12.1 Å². The smallest absolute Gasteiger partial charge is 0.417 e. The Hall–Kier alpha value is -3.90. The quantitative estimate of drug-likeness (QED) is 0.400. The van der Waals surface area contributed by atoms with E-state index in [-0.39, 0.29) is 48.7 Å². The van der Waals surface area contributed by atoms with Crippen LogP contribution in [0.4, 0.5) is 23.7 Å². The molecular weight excluding hydrogens is 523 g/mol. The minimum absolute atomic E-state index is 0.168. The summed E-state index contributed by atoms with van der Waals surface area (Å²) in [5, 5.41) is 11.0. The second-order valence-electron chi connectivity index (χ2n) is 8.77. The SMILES string of the molecule is O=C(O)Nc1cccc(C(=O)N2CCC(NS(=O)(=O)c3ccc(-c4ccccc4)cc3C(F)(F)F)CC2)c1. The van der Waals surface area contributed by atoms with Crippen LogP contribution in [0, 0.1) is 0 Å². The van der Waals surface area contributed by atoms with Crippen LogP contribution in [-0.4, -0.2) is 49.6 Å². The van der Waals surface area contributed by atoms with Gasteiger partial charge in [0.15, 0.2) is 0 Å². The van der Waals surface area contributed by atoms with Gasteiger partial charge in [-0.05, 0) is 54.3 Å². The van der Waals surface area contributed by atoms with Gasteiger partial charge >= 0.3 is 12.3 Å². The van der Waals surface area contributed by atoms with Crippen molar-refractivity contribution in [2.45, 2.75) is 30.0 Å². The average Bonchev–Trinajstić information content (AvgIpc) is 2.88. The average molecular weight is 548 g/mol. The first-order chi connectivity index (χ1) is 17.9. The molecule has 1 heterocycles. The standard InChI is InChI=1S/C26H24F3N3O5S/c27-26(28,29)22-16-18(17-5-2-1-3-6-17)9-10-23(22)38(36,37)31-20-11-13-32(14-12-20)24(33)19-7-4-8-21(15-19)30-25(34)35/h1-10,15-16,20,30-31H,11-14H2,(H,34,35). The number of halogens is 3. The minimum Gasteiger partial charge on any atom is -0.465 e. The van der Waals surface area contributed by atoms with Crippen LogP contribution in [0.2, 0.25) is 0 Å². The van der Waals surface area contributed by atoms with E-state index in [9.17, 15) is 31.2 Å². The number of rotatable bonds is 6. The molecule has 0 radical (unpaired) electrons. The normalized spacial score (nSPS) is 14.8. The maximum absolute atomic E-state index is 13.9. The minimum atomic E-state index is -4.89. The van der Waals surface area contributed by atoms with Crippen molar-refractivity contribution in [3.05, 3.63) is 83.9 Å². The molecule has 0 saturated carbocycles. The molecule has 3 N–H and O–H groups in total. The van der Waals surface area contributed by atoms with Gasteiger partial charge in [0.25, 0.3) is 5.91 Å². The summed E-state index contributed by atoms with van der Waals surface area (Å²) in [6, 6.07) is 16.8. The Morgan fingerprint density at radius 3 is 2.21 bits per heavy atom. The molecule has 0 spiro atoms. The van der Waals surface area contributed by atoms with Crippen LogP contribution in [0.5, 0.6) is 0 Å². The molecule has 4 rings (SSSR count). The molecule has 3 aromatic carbocycles. The van der Waals surface area contributed by atoms with Crippen LogP contribution in [0.25, 0.3) is 11.1 Å². The number of hydrogen-bond donors (Lipinski definition) is 3. The zero-order valence-electron chi connectivity index (χ0n) is 19.9. The number of nitrogens with one attached hydrogen (secondary N) is 2. The lowest BCUT2D eigenvalue weighted by atomic mass is 10.0. The van der Waals surface area contributed by atoms with Gasteiger partial charge in [-0.2, -0.15) is 13.2 Å². The molecule has 12 heteroatoms. The molecule has 2 amide bonds. The van der Waals surface area contributed by atoms with Gasteiger partial charge in [0.1, 0.15) is 0 Å². The Morgan fingerprint density at radius 1 is 0.895 bits per heavy atom. The Balaban J connectivity index is 1.47. The molecule has 0 bridgehead atoms. The molecule has 8 nitrogen and oxygen atoms in total. The molecule has 0 atom stereocenters. The predicted octanol–water partition coefficient (Wildman–Crippen LogP) is 5.05. The van der Waals surface area contributed by atoms with Crippen LogP contribution in [-0.2, 0) is 16.2 Å². The van der Waals surface area contributed by atoms with E-state index in [1.54, 1.807) is 30.3 Å². The summed E-state index contributed by atoms with van der Waals surface area (Å²) in [4.78, 5) is 24.3. The summed E-state index contributed by atoms with van der Waals surface area (Å²) < 4.78 is 70.1. The second kappa shape index (κ2) is 10.8. The maximum atomic E-state index is 13.9. The molecule has 1 aliphatic rings. The zero-order chi connectivity index (χ0) is 27.5. The molecule has 3 aromatic rings. The summed E-state index contributed by atoms with van der Waals surface area (Å²) in [5.74, 6) is -0.365. The van der Waals surface area contributed by atoms with E-state index in [2.05, 4.69) is 10.0 Å². The number of carbonyl (C=O) groups excluding carboxylic acids is 1. The molecule has 0 unspecified atom stereocenters. The highest BCUT2D eigenvalue weighted by Crippen LogP contribution is 2.37. The molecule has 38 heavy (non-hydrogen) atoms. The third-order valence-electron chi connectivity index (χ3n) is 6.15. The van der Waals surface area contributed by atoms with Crippen molar-refractivity contribution in [2.75, 3.05) is 18.4 Å². The second-order valence-corrected chi connectivity index (χ2v) is 10.5. The maximum Gasteiger partial charge on any atom is 0.417 e. The topological polar surface area (TPSA) is 116 Å². The molecule has 1 saturated heterocycles. The van der Waals surface area contributed by atoms with Gasteiger partial charge in [-0.15, -0.1) is 0 Å². The number of likely N-dealkylation sites (tertiary alicyclic amines) is 1. The van der Waals surface area contributed by atoms with Gasteiger partial charge in [0.05, 0.1) is 10.5 Å². The number of sulfonamides is 1. The van der Waals surface area contributed by atoms with Crippen LogP contribution in [0.15, 0.2) is 77.7 Å². The van der Waals surface area contributed by atoms with Crippen molar-refractivity contribution in [1.82, 2.24) is 9.62 Å². The fourth-order valence-electron chi connectivity index (χ4n) is 4.32. The van der Waals surface area contributed by atoms with E-state index in [1.165, 1.54) is 35.2 Å². The van der Waals surface area contributed by atoms with Crippen molar-refractivity contribution < 1.29 is 36.3 Å². The van der Waals surface area contributed by atoms with E-state index in [0.29, 0.717) is 5.56 Å². The van der Waals surface area contributed by atoms with Crippen molar-refractivity contribution in [1.29, 1.82) is 0 Å². The van der Waals surface area contributed by atoms with Crippen LogP contribution >= 0.6 is 0 Å². The van der Waals surface area contributed by atoms with Crippen LogP contribution in [0.1, 0.15) is 28.8 Å². The lowest BCUT2D eigenvalue weighted by Gasteiger charge is -2.32. The lowest BCUT2D eigenvalue weighted by Crippen LogP contribution is -2.46. The van der Waals surface area contributed by atoms with Crippen molar-refractivity contribution >= 4 is 27.7 Å². The Bertz CT molecular complexity index is 1440. The van der Waals surface area contributed by atoms with Gasteiger partial charge in [0, 0.05) is 30.4 Å². The number of anilines is 1. The first-order valence-corrected chi connectivity index (χ1v) is 13.1. The third-order valence-corrected chi connectivity index (χ3v) is 7.73. The monoisotopic (exact) mass is 547 g/mol. The van der Waals surface area contributed by atoms with Gasteiger partial charge in [-0.3, -0.25) is 10.1 Å². The fraction of sp³-hybridized carbons (Fsp3) is 0.231. The summed E-state index contributed by atoms with van der Waals surface area (Å²) >= 11 is 0. The van der Waals surface area contributed by atoms with Crippen molar-refractivity contribution in [3.63, 3.8) is 0 Å². The number of hydrogen-bond acceptors (Lipinski definition) is 4. The van der Waals surface area contributed by atoms with Gasteiger partial charge in [0.2, 0.25) is 10.0 Å². The van der Waals surface area contributed by atoms with Crippen molar-refractivity contribution in [3.8, 4) is 11.1 Å². The van der Waals surface area contributed by atoms with Gasteiger partial charge in [-0.25, -0.2) is 17.9 Å². The van der Waals surface area contributed by atoms with Crippen molar-refractivity contribution in [2.24, 2.45) is 0 Å². The number of nitrogens with zero attached hydrogens (tertiary/aromatic N) is 1. The number of piperidine rings is 1. The van der Waals surface area contributed by atoms with E-state index in [4.69, 9.17) is 5.11 Å². The fourth-order valence-corrected chi connectivity index (χ4v) is 5.83. The molecule has 1 aliphatic heterocycles. The number of carboxylic acid groups (broad SMARTS) is 1. The number of amides is 2. The number of alkyl halides is 3. The Labute approximate surface area is 217 Å². The highest BCUT2D eigenvalue weighted by atomic mass is 32.2. The number of carbonyl (C=O) groups is 2. The van der Waals surface area contributed by atoms with E-state index >= 15 is 0 Å². The number of benzene rings is 3. The lowest BCUT2D eigenvalue weighted by molar-refractivity contribution is -0.139. The van der Waals surface area contributed by atoms with Gasteiger partial charge in [-0.1, -0.05) is 42.5 Å². The van der Waals surface area contributed by atoms with E-state index < -0.39 is 38.8 Å². The summed E-state index contributed by atoms with van der Waals surface area (Å²) in [6.45, 7) is 0.337. The molecule has 0 aliphatic carbocycles. The summed E-state index contributed by atoms with van der Waals surface area (Å²) in [7, 11) is -4.52. The summed E-state index contributed by atoms with van der Waals surface area (Å²) in [5.41, 5.74) is -0.00952. The Morgan fingerprint density at radius 2 is 1.58 bits per heavy atom. The molecule has 0 aromatic heterocycles. The van der Waals surface area contributed by atoms with E-state index in [1.807, 2.05) is 0 Å². The van der Waals surface area contributed by atoms with Crippen LogP contribution < -0.4 is 10.0 Å². The predicted molar refractivity (Wildman–Crippen MR) is 134 cm³/mol. The Kier molecular flexibility index (Phi) is 7.74. The molecule has 1 fully saturated rings. The van der Waals surface area contributed by atoms with Crippen LogP contribution in [0.3, 0.4) is 0 Å². The first-order valence-electron chi connectivity index (χ1n) is 11.6. The third kappa shape index (κ3) is 6.32. The first kappa shape index (κ1) is 27.1. The highest BCUT2D eigenvalue weighted by Gasteiger charge is 2.38.